The number of nitrogens with zero attached hydrogens (tertiary/aromatic N) is 1. The zero-order chi connectivity index (χ0) is 15.6. The maximum atomic E-state index is 13.7. The highest BCUT2D eigenvalue weighted by Gasteiger charge is 2.18. The van der Waals surface area contributed by atoms with Gasteiger partial charge in [-0.15, -0.1) is 0 Å². The van der Waals surface area contributed by atoms with Gasteiger partial charge in [0.25, 0.3) is 10.0 Å². The molecule has 1 heterocycles. The largest absolute Gasteiger partial charge is 0.308 e. The van der Waals surface area contributed by atoms with E-state index in [4.69, 9.17) is 5.84 Å². The lowest BCUT2D eigenvalue weighted by atomic mass is 10.2. The number of anilines is 2. The Labute approximate surface area is 120 Å². The van der Waals surface area contributed by atoms with Crippen LogP contribution >= 0.6 is 0 Å². The summed E-state index contributed by atoms with van der Waals surface area (Å²) < 4.78 is 53.1. The fourth-order valence-corrected chi connectivity index (χ4v) is 2.56. The first-order chi connectivity index (χ1) is 9.83. The zero-order valence-electron chi connectivity index (χ0n) is 10.9. The number of nitrogens with two attached hydrogens (primary N) is 1. The topological polar surface area (TPSA) is 97.1 Å². The van der Waals surface area contributed by atoms with Crippen LogP contribution in [0.5, 0.6) is 0 Å². The van der Waals surface area contributed by atoms with Gasteiger partial charge < -0.3 is 5.43 Å². The molecular formula is C12H12F2N4O2S. The number of nitrogens with one attached hydrogen (secondary N) is 2. The number of halogens is 2. The van der Waals surface area contributed by atoms with Crippen molar-refractivity contribution in [2.24, 2.45) is 5.84 Å². The maximum Gasteiger partial charge on any atom is 0.263 e. The van der Waals surface area contributed by atoms with Crippen LogP contribution in [0.1, 0.15) is 5.56 Å². The van der Waals surface area contributed by atoms with E-state index in [0.29, 0.717) is 0 Å². The van der Waals surface area contributed by atoms with Crippen molar-refractivity contribution >= 4 is 21.5 Å². The average Bonchev–Trinajstić information content (AvgIpc) is 2.44. The second-order valence-corrected chi connectivity index (χ2v) is 5.89. The fourth-order valence-electron chi connectivity index (χ4n) is 1.55. The van der Waals surface area contributed by atoms with Gasteiger partial charge in [0.05, 0.1) is 5.69 Å². The molecule has 0 amide bonds. The molecule has 0 aliphatic rings. The van der Waals surface area contributed by atoms with E-state index in [2.05, 4.69) is 10.4 Å². The van der Waals surface area contributed by atoms with Crippen molar-refractivity contribution in [2.45, 2.75) is 11.8 Å². The minimum atomic E-state index is -4.08. The van der Waals surface area contributed by atoms with Crippen LogP contribution in [0.4, 0.5) is 20.3 Å². The number of hydrazine groups is 1. The Balaban J connectivity index is 2.34. The van der Waals surface area contributed by atoms with E-state index < -0.39 is 27.3 Å². The van der Waals surface area contributed by atoms with Crippen molar-refractivity contribution in [3.63, 3.8) is 0 Å². The van der Waals surface area contributed by atoms with Crippen LogP contribution in [0.3, 0.4) is 0 Å². The number of pyridine rings is 1. The molecule has 0 fully saturated rings. The van der Waals surface area contributed by atoms with Crippen LogP contribution in [0.15, 0.2) is 35.4 Å². The molecule has 112 valence electrons. The van der Waals surface area contributed by atoms with Crippen LogP contribution in [0.25, 0.3) is 0 Å². The zero-order valence-corrected chi connectivity index (χ0v) is 11.7. The van der Waals surface area contributed by atoms with Crippen molar-refractivity contribution in [1.82, 2.24) is 4.98 Å². The first-order valence-corrected chi connectivity index (χ1v) is 7.23. The molecule has 0 radical (unpaired) electrons. The van der Waals surface area contributed by atoms with Crippen LogP contribution in [-0.4, -0.2) is 13.4 Å². The van der Waals surface area contributed by atoms with Gasteiger partial charge in [-0.25, -0.2) is 28.0 Å². The van der Waals surface area contributed by atoms with E-state index in [9.17, 15) is 17.2 Å². The van der Waals surface area contributed by atoms with Gasteiger partial charge in [-0.05, 0) is 30.7 Å². The van der Waals surface area contributed by atoms with E-state index >= 15 is 0 Å². The quantitative estimate of drug-likeness (QED) is 0.590. The summed E-state index contributed by atoms with van der Waals surface area (Å²) in [6, 6.07) is 4.26. The third-order valence-corrected chi connectivity index (χ3v) is 4.04. The van der Waals surface area contributed by atoms with Gasteiger partial charge in [0.15, 0.2) is 0 Å². The first-order valence-electron chi connectivity index (χ1n) is 5.74. The molecule has 0 unspecified atom stereocenters. The summed E-state index contributed by atoms with van der Waals surface area (Å²) in [5, 5.41) is 0. The summed E-state index contributed by atoms with van der Waals surface area (Å²) in [4.78, 5) is 3.53. The van der Waals surface area contributed by atoms with Gasteiger partial charge in [-0.2, -0.15) is 0 Å². The Morgan fingerprint density at radius 1 is 1.19 bits per heavy atom. The monoisotopic (exact) mass is 314 g/mol. The molecule has 1 aromatic heterocycles. The minimum Gasteiger partial charge on any atom is -0.308 e. The number of rotatable bonds is 4. The van der Waals surface area contributed by atoms with E-state index in [-0.39, 0.29) is 16.3 Å². The molecule has 4 N–H and O–H groups in total. The van der Waals surface area contributed by atoms with Gasteiger partial charge in [0.2, 0.25) is 0 Å². The van der Waals surface area contributed by atoms with Gasteiger partial charge in [0, 0.05) is 12.3 Å². The highest BCUT2D eigenvalue weighted by molar-refractivity contribution is 7.92. The predicted molar refractivity (Wildman–Crippen MR) is 74.0 cm³/mol. The third kappa shape index (κ3) is 3.26. The summed E-state index contributed by atoms with van der Waals surface area (Å²) in [6.45, 7) is 1.37. The molecule has 0 saturated carbocycles. The van der Waals surface area contributed by atoms with E-state index in [1.807, 2.05) is 4.72 Å². The van der Waals surface area contributed by atoms with Crippen LogP contribution in [0, 0.1) is 18.6 Å². The molecule has 21 heavy (non-hydrogen) atoms. The maximum absolute atomic E-state index is 13.7. The number of benzene rings is 1. The molecule has 9 heteroatoms. The number of sulfonamides is 1. The van der Waals surface area contributed by atoms with E-state index in [1.54, 1.807) is 0 Å². The predicted octanol–water partition coefficient (Wildman–Crippen LogP) is 1.75. The number of nitrogen functional groups attached to an aromatic ring is 1. The van der Waals surface area contributed by atoms with Crippen LogP contribution in [0.2, 0.25) is 0 Å². The lowest BCUT2D eigenvalue weighted by Gasteiger charge is -2.10. The molecule has 2 aromatic rings. The Kier molecular flexibility index (Phi) is 4.05. The summed E-state index contributed by atoms with van der Waals surface area (Å²) in [5.74, 6) is 3.80. The first kappa shape index (κ1) is 15.1. The van der Waals surface area contributed by atoms with Crippen molar-refractivity contribution in [1.29, 1.82) is 0 Å². The van der Waals surface area contributed by atoms with E-state index in [0.717, 1.165) is 18.3 Å². The van der Waals surface area contributed by atoms with Crippen LogP contribution in [-0.2, 0) is 10.0 Å². The minimum absolute atomic E-state index is 0.0792. The highest BCUT2D eigenvalue weighted by Crippen LogP contribution is 2.22. The molecule has 0 aliphatic carbocycles. The standard InChI is InChI=1S/C12H12F2N4O2S/c1-7-4-10(14)11(5-9(7)13)18-21(19,20)8-2-3-12(17-15)16-6-8/h2-6,18H,15H2,1H3,(H,16,17). The third-order valence-electron chi connectivity index (χ3n) is 2.69. The highest BCUT2D eigenvalue weighted by atomic mass is 32.2. The summed E-state index contributed by atoms with van der Waals surface area (Å²) >= 11 is 0. The molecule has 2 rings (SSSR count). The summed E-state index contributed by atoms with van der Waals surface area (Å²) in [6.07, 6.45) is 1.04. The van der Waals surface area contributed by atoms with Crippen molar-refractivity contribution in [2.75, 3.05) is 10.1 Å². The number of hydrogen-bond donors (Lipinski definition) is 3. The molecule has 0 aliphatic heterocycles. The Morgan fingerprint density at radius 3 is 2.48 bits per heavy atom. The number of aromatic nitrogens is 1. The molecule has 0 saturated heterocycles. The Bertz CT molecular complexity index is 764. The van der Waals surface area contributed by atoms with Gasteiger partial charge in [-0.3, -0.25) is 4.72 Å². The van der Waals surface area contributed by atoms with Crippen LogP contribution < -0.4 is 16.0 Å². The lowest BCUT2D eigenvalue weighted by Crippen LogP contribution is -2.15. The Hall–Kier alpha value is -2.26. The molecular weight excluding hydrogens is 302 g/mol. The van der Waals surface area contributed by atoms with Gasteiger partial charge in [0.1, 0.15) is 22.3 Å². The Morgan fingerprint density at radius 2 is 1.90 bits per heavy atom. The average molecular weight is 314 g/mol. The second-order valence-electron chi connectivity index (χ2n) is 4.21. The summed E-state index contributed by atoms with van der Waals surface area (Å²) in [7, 11) is -4.08. The molecule has 0 bridgehead atoms. The molecule has 6 nitrogen and oxygen atoms in total. The van der Waals surface area contributed by atoms with Gasteiger partial charge in [-0.1, -0.05) is 0 Å². The molecule has 1 aromatic carbocycles. The van der Waals surface area contributed by atoms with Crippen molar-refractivity contribution in [3.05, 3.63) is 47.7 Å². The van der Waals surface area contributed by atoms with Crippen molar-refractivity contribution < 1.29 is 17.2 Å². The SMILES string of the molecule is Cc1cc(F)c(NS(=O)(=O)c2ccc(NN)nc2)cc1F. The molecule has 0 spiro atoms. The number of aryl methyl sites for hydroxylation is 1. The second kappa shape index (κ2) is 5.62. The molecule has 0 atom stereocenters. The van der Waals surface area contributed by atoms with E-state index in [1.165, 1.54) is 19.1 Å². The fraction of sp³-hybridized carbons (Fsp3) is 0.0833. The van der Waals surface area contributed by atoms with Gasteiger partial charge >= 0.3 is 0 Å². The number of hydrogen-bond acceptors (Lipinski definition) is 5. The lowest BCUT2D eigenvalue weighted by molar-refractivity contribution is 0.590. The smallest absolute Gasteiger partial charge is 0.263 e. The van der Waals surface area contributed by atoms with Crippen molar-refractivity contribution in [3.8, 4) is 0 Å². The normalized spacial score (nSPS) is 11.2. The summed E-state index contributed by atoms with van der Waals surface area (Å²) in [5.41, 5.74) is 1.85.